The zero-order chi connectivity index (χ0) is 19.3. The van der Waals surface area contributed by atoms with Gasteiger partial charge in [0.2, 0.25) is 0 Å². The molecule has 1 heterocycles. The summed E-state index contributed by atoms with van der Waals surface area (Å²) in [5, 5.41) is 10.1. The third-order valence-corrected chi connectivity index (χ3v) is 5.20. The summed E-state index contributed by atoms with van der Waals surface area (Å²) in [5.41, 5.74) is 2.41. The van der Waals surface area contributed by atoms with Gasteiger partial charge in [0, 0.05) is 0 Å². The van der Waals surface area contributed by atoms with E-state index in [1.54, 1.807) is 0 Å². The molecule has 0 bridgehead atoms. The van der Waals surface area contributed by atoms with Crippen LogP contribution in [0, 0.1) is 0 Å². The van der Waals surface area contributed by atoms with E-state index in [9.17, 15) is 9.90 Å². The Morgan fingerprint density at radius 1 is 0.964 bits per heavy atom. The van der Waals surface area contributed by atoms with Crippen molar-refractivity contribution in [2.75, 3.05) is 0 Å². The molecular weight excluding hydrogens is 370 g/mol. The maximum atomic E-state index is 11.4. The largest absolute Gasteiger partial charge is 0.481 e. The van der Waals surface area contributed by atoms with Gasteiger partial charge in [-0.15, -0.1) is 11.3 Å². The van der Waals surface area contributed by atoms with E-state index in [1.807, 2.05) is 84.9 Å². The van der Waals surface area contributed by atoms with Crippen LogP contribution >= 0.6 is 11.3 Å². The Morgan fingerprint density at radius 2 is 1.71 bits per heavy atom. The first-order chi connectivity index (χ1) is 13.7. The summed E-state index contributed by atoms with van der Waals surface area (Å²) >= 11 is 1.50. The van der Waals surface area contributed by atoms with Gasteiger partial charge in [-0.1, -0.05) is 42.5 Å². The summed E-state index contributed by atoms with van der Waals surface area (Å²) in [6.07, 6.45) is 1.77. The number of nitrogens with zero attached hydrogens (tertiary/aromatic N) is 1. The molecular formula is C23H17NO3S. The number of rotatable bonds is 6. The Hall–Kier alpha value is -3.44. The lowest BCUT2D eigenvalue weighted by molar-refractivity contribution is -0.135. The minimum absolute atomic E-state index is 0.0937. The second-order valence-corrected chi connectivity index (χ2v) is 7.25. The molecule has 0 aliphatic heterocycles. The Kier molecular flexibility index (Phi) is 5.17. The second kappa shape index (κ2) is 8.06. The molecule has 138 valence electrons. The molecule has 1 N–H and O–H groups in total. The van der Waals surface area contributed by atoms with Crippen LogP contribution in [-0.4, -0.2) is 16.1 Å². The molecule has 0 spiro atoms. The molecule has 4 rings (SSSR count). The predicted molar refractivity (Wildman–Crippen MR) is 113 cm³/mol. The van der Waals surface area contributed by atoms with Gasteiger partial charge in [0.05, 0.1) is 16.6 Å². The van der Waals surface area contributed by atoms with Crippen molar-refractivity contribution in [3.63, 3.8) is 0 Å². The molecule has 0 aliphatic carbocycles. The van der Waals surface area contributed by atoms with Gasteiger partial charge in [0.1, 0.15) is 16.5 Å². The van der Waals surface area contributed by atoms with Crippen molar-refractivity contribution in [1.82, 2.24) is 4.98 Å². The normalized spacial score (nSPS) is 11.5. The zero-order valence-electron chi connectivity index (χ0n) is 14.9. The molecule has 4 nitrogen and oxygen atoms in total. The highest BCUT2D eigenvalue weighted by molar-refractivity contribution is 7.19. The van der Waals surface area contributed by atoms with E-state index in [1.165, 1.54) is 11.3 Å². The van der Waals surface area contributed by atoms with Gasteiger partial charge in [0.15, 0.2) is 0 Å². The number of thiazole rings is 1. The first kappa shape index (κ1) is 17.9. The summed E-state index contributed by atoms with van der Waals surface area (Å²) in [4.78, 5) is 16.0. The van der Waals surface area contributed by atoms with Crippen LogP contribution in [0.25, 0.3) is 21.9 Å². The quantitative estimate of drug-likeness (QED) is 0.434. The first-order valence-electron chi connectivity index (χ1n) is 8.79. The maximum Gasteiger partial charge on any atom is 0.307 e. The van der Waals surface area contributed by atoms with E-state index < -0.39 is 5.97 Å². The molecule has 1 aromatic heterocycles. The number of para-hydroxylation sites is 2. The molecule has 0 saturated carbocycles. The van der Waals surface area contributed by atoms with Gasteiger partial charge in [-0.25, -0.2) is 4.98 Å². The van der Waals surface area contributed by atoms with Crippen molar-refractivity contribution in [3.8, 4) is 11.5 Å². The van der Waals surface area contributed by atoms with Gasteiger partial charge in [-0.2, -0.15) is 0 Å². The third-order valence-electron chi connectivity index (χ3n) is 4.09. The lowest BCUT2D eigenvalue weighted by Crippen LogP contribution is -1.97. The minimum atomic E-state index is -0.887. The van der Waals surface area contributed by atoms with Crippen LogP contribution in [0.15, 0.2) is 78.9 Å². The Morgan fingerprint density at radius 3 is 2.50 bits per heavy atom. The number of ether oxygens (including phenoxy) is 1. The molecule has 3 aromatic carbocycles. The fraction of sp³-hybridized carbons (Fsp3) is 0.0435. The smallest absolute Gasteiger partial charge is 0.307 e. The monoisotopic (exact) mass is 387 g/mol. The van der Waals surface area contributed by atoms with Crippen LogP contribution in [0.5, 0.6) is 11.5 Å². The van der Waals surface area contributed by atoms with Gasteiger partial charge in [0.25, 0.3) is 0 Å². The highest BCUT2D eigenvalue weighted by Gasteiger charge is 2.13. The van der Waals surface area contributed by atoms with Gasteiger partial charge >= 0.3 is 5.97 Å². The number of hydrogen-bond donors (Lipinski definition) is 1. The van der Waals surface area contributed by atoms with Crippen molar-refractivity contribution in [2.24, 2.45) is 0 Å². The van der Waals surface area contributed by atoms with E-state index >= 15 is 0 Å². The molecule has 0 fully saturated rings. The number of carboxylic acid groups (broad SMARTS) is 1. The van der Waals surface area contributed by atoms with Gasteiger partial charge < -0.3 is 9.84 Å². The highest BCUT2D eigenvalue weighted by Crippen LogP contribution is 2.31. The molecule has 5 heteroatoms. The van der Waals surface area contributed by atoms with Gasteiger partial charge in [-0.05, 0) is 53.6 Å². The fourth-order valence-corrected chi connectivity index (χ4v) is 3.83. The molecule has 4 aromatic rings. The highest BCUT2D eigenvalue weighted by atomic mass is 32.1. The number of aromatic nitrogens is 1. The molecule has 0 atom stereocenters. The number of benzene rings is 3. The average molecular weight is 387 g/mol. The summed E-state index contributed by atoms with van der Waals surface area (Å²) in [6, 6.07) is 24.9. The van der Waals surface area contributed by atoms with Crippen molar-refractivity contribution in [3.05, 3.63) is 89.4 Å². The molecule has 0 aliphatic rings. The van der Waals surface area contributed by atoms with Crippen LogP contribution in [0.3, 0.4) is 0 Å². The molecule has 0 unspecified atom stereocenters. The van der Waals surface area contributed by atoms with E-state index in [0.717, 1.165) is 26.5 Å². The summed E-state index contributed by atoms with van der Waals surface area (Å²) < 4.78 is 6.91. The van der Waals surface area contributed by atoms with E-state index in [0.29, 0.717) is 11.3 Å². The topological polar surface area (TPSA) is 59.4 Å². The second-order valence-electron chi connectivity index (χ2n) is 6.21. The standard InChI is InChI=1S/C23H17NO3S/c25-22(26)15-17(23-24-20-11-4-5-12-21(20)28-23)13-16-7-6-10-19(14-16)27-18-8-2-1-3-9-18/h1-14H,15H2,(H,25,26)/b17-13+. The molecule has 28 heavy (non-hydrogen) atoms. The molecule has 0 radical (unpaired) electrons. The SMILES string of the molecule is O=C(O)C/C(=C\c1cccc(Oc2ccccc2)c1)c1nc2ccccc2s1. The Balaban J connectivity index is 1.68. The van der Waals surface area contributed by atoms with E-state index in [2.05, 4.69) is 4.98 Å². The third kappa shape index (κ3) is 4.27. The predicted octanol–water partition coefficient (Wildman–Crippen LogP) is 6.10. The number of carboxylic acids is 1. The lowest BCUT2D eigenvalue weighted by atomic mass is 10.1. The van der Waals surface area contributed by atoms with Crippen LogP contribution in [-0.2, 0) is 4.79 Å². The maximum absolute atomic E-state index is 11.4. The molecule has 0 amide bonds. The minimum Gasteiger partial charge on any atom is -0.481 e. The number of hydrogen-bond acceptors (Lipinski definition) is 4. The molecule has 0 saturated heterocycles. The Bertz CT molecular complexity index is 1120. The van der Waals surface area contributed by atoms with Gasteiger partial charge in [-0.3, -0.25) is 4.79 Å². The fourth-order valence-electron chi connectivity index (χ4n) is 2.85. The van der Waals surface area contributed by atoms with Crippen LogP contribution in [0.1, 0.15) is 17.0 Å². The van der Waals surface area contributed by atoms with Crippen molar-refractivity contribution >= 4 is 39.2 Å². The zero-order valence-corrected chi connectivity index (χ0v) is 15.7. The Labute approximate surface area is 166 Å². The lowest BCUT2D eigenvalue weighted by Gasteiger charge is -2.07. The van der Waals surface area contributed by atoms with Crippen molar-refractivity contribution < 1.29 is 14.6 Å². The first-order valence-corrected chi connectivity index (χ1v) is 9.60. The van der Waals surface area contributed by atoms with Crippen LogP contribution < -0.4 is 4.74 Å². The average Bonchev–Trinajstić information content (AvgIpc) is 3.12. The van der Waals surface area contributed by atoms with E-state index in [-0.39, 0.29) is 6.42 Å². The number of carbonyl (C=O) groups is 1. The van der Waals surface area contributed by atoms with E-state index in [4.69, 9.17) is 4.74 Å². The summed E-state index contributed by atoms with van der Waals surface area (Å²) in [7, 11) is 0. The summed E-state index contributed by atoms with van der Waals surface area (Å²) in [5.74, 6) is 0.557. The number of fused-ring (bicyclic) bond motifs is 1. The van der Waals surface area contributed by atoms with Crippen molar-refractivity contribution in [2.45, 2.75) is 6.42 Å². The van der Waals surface area contributed by atoms with Crippen molar-refractivity contribution in [1.29, 1.82) is 0 Å². The van der Waals surface area contributed by atoms with Crippen LogP contribution in [0.4, 0.5) is 0 Å². The van der Waals surface area contributed by atoms with Crippen LogP contribution in [0.2, 0.25) is 0 Å². The summed E-state index contributed by atoms with van der Waals surface area (Å²) in [6.45, 7) is 0. The number of aliphatic carboxylic acids is 1.